The Kier molecular flexibility index (Phi) is 8.13. The molecule has 2 amide bonds. The number of aliphatic hydroxyl groups excluding tert-OH is 2. The average molecular weight is 515 g/mol. The smallest absolute Gasteiger partial charge is 0.337 e. The highest BCUT2D eigenvalue weighted by Crippen LogP contribution is 2.32. The van der Waals surface area contributed by atoms with Crippen molar-refractivity contribution >= 4 is 34.7 Å². The average Bonchev–Trinajstić information content (AvgIpc) is 3.44. The van der Waals surface area contributed by atoms with Crippen LogP contribution in [0.4, 0.5) is 16.3 Å². The summed E-state index contributed by atoms with van der Waals surface area (Å²) >= 11 is 0. The molecule has 1 fully saturated rings. The minimum Gasteiger partial charge on any atom is -0.465 e. The lowest BCUT2D eigenvalue weighted by Crippen LogP contribution is -2.39. The number of nitrogens with two attached hydrogens (primary N) is 1. The monoisotopic (exact) mass is 514 g/mol. The van der Waals surface area contributed by atoms with E-state index in [2.05, 4.69) is 30.3 Å². The summed E-state index contributed by atoms with van der Waals surface area (Å²) in [7, 11) is 3.16. The minimum atomic E-state index is -1.18. The first-order valence-electron chi connectivity index (χ1n) is 11.6. The van der Waals surface area contributed by atoms with Gasteiger partial charge in [0.25, 0.3) is 0 Å². The van der Waals surface area contributed by atoms with Gasteiger partial charge in [0, 0.05) is 18.8 Å². The number of benzene rings is 1. The molecule has 0 radical (unpaired) electrons. The van der Waals surface area contributed by atoms with E-state index in [0.29, 0.717) is 48.5 Å². The van der Waals surface area contributed by atoms with E-state index < -0.39 is 30.5 Å². The number of carbonyl (C=O) groups is 2. The van der Waals surface area contributed by atoms with Crippen LogP contribution in [0.5, 0.6) is 0 Å². The topological polar surface area (TPSA) is 190 Å². The number of methoxy groups -OCH3 is 1. The number of urea groups is 1. The van der Waals surface area contributed by atoms with Crippen molar-refractivity contribution in [2.75, 3.05) is 44.8 Å². The molecule has 37 heavy (non-hydrogen) atoms. The highest BCUT2D eigenvalue weighted by molar-refractivity contribution is 5.92. The third-order valence-corrected chi connectivity index (χ3v) is 6.06. The fourth-order valence-electron chi connectivity index (χ4n) is 4.10. The van der Waals surface area contributed by atoms with Crippen LogP contribution in [0.3, 0.4) is 0 Å². The second-order valence-electron chi connectivity index (χ2n) is 8.69. The zero-order valence-corrected chi connectivity index (χ0v) is 20.4. The number of amides is 2. The lowest BCUT2D eigenvalue weighted by atomic mass is 10.1. The second-order valence-corrected chi connectivity index (χ2v) is 8.69. The van der Waals surface area contributed by atoms with Crippen molar-refractivity contribution < 1.29 is 29.3 Å². The molecular weight excluding hydrogens is 484 g/mol. The number of fused-ring (bicyclic) bond motifs is 1. The standard InChI is InChI=1S/C23H30N8O6/c1-30(9-3-8-25-23(35)29-14-6-4-13(5-7-14)22(34)36-2)10-15-17(32)18(33)21(37-15)31-12-28-16-19(24)26-11-27-20(16)31/h4-7,11-12,15,17-18,21,32-33H,3,8-10H2,1-2H3,(H2,24,26,27)(H2,25,29,35). The second kappa shape index (κ2) is 11.5. The predicted molar refractivity (Wildman–Crippen MR) is 133 cm³/mol. The summed E-state index contributed by atoms with van der Waals surface area (Å²) < 4.78 is 12.1. The zero-order valence-electron chi connectivity index (χ0n) is 20.4. The van der Waals surface area contributed by atoms with Crippen molar-refractivity contribution in [3.8, 4) is 0 Å². The summed E-state index contributed by atoms with van der Waals surface area (Å²) in [6.45, 7) is 1.38. The molecule has 3 aromatic rings. The van der Waals surface area contributed by atoms with Crippen molar-refractivity contribution in [2.45, 2.75) is 31.0 Å². The van der Waals surface area contributed by atoms with E-state index in [1.807, 2.05) is 11.9 Å². The zero-order chi connectivity index (χ0) is 26.5. The Labute approximate surface area is 212 Å². The van der Waals surface area contributed by atoms with E-state index in [9.17, 15) is 19.8 Å². The minimum absolute atomic E-state index is 0.215. The largest absolute Gasteiger partial charge is 0.465 e. The van der Waals surface area contributed by atoms with Gasteiger partial charge >= 0.3 is 12.0 Å². The Balaban J connectivity index is 1.21. The van der Waals surface area contributed by atoms with Crippen molar-refractivity contribution in [1.82, 2.24) is 29.7 Å². The van der Waals surface area contributed by atoms with Crippen LogP contribution in [0.15, 0.2) is 36.9 Å². The number of nitrogen functional groups attached to an aromatic ring is 1. The Bertz CT molecular complexity index is 1240. The Morgan fingerprint density at radius 2 is 1.95 bits per heavy atom. The molecule has 6 N–H and O–H groups in total. The van der Waals surface area contributed by atoms with Gasteiger partial charge in [0.15, 0.2) is 17.7 Å². The lowest BCUT2D eigenvalue weighted by Gasteiger charge is -2.22. The molecule has 2 aromatic heterocycles. The van der Waals surface area contributed by atoms with Gasteiger partial charge in [0.2, 0.25) is 0 Å². The Hall–Kier alpha value is -3.85. The summed E-state index contributed by atoms with van der Waals surface area (Å²) in [4.78, 5) is 37.8. The van der Waals surface area contributed by atoms with E-state index in [4.69, 9.17) is 10.5 Å². The normalized spacial score (nSPS) is 21.3. The highest BCUT2D eigenvalue weighted by Gasteiger charge is 2.44. The molecule has 14 heteroatoms. The SMILES string of the molecule is COC(=O)c1ccc(NC(=O)NCCCN(C)CC2OC(n3cnc4c(N)ncnc43)C(O)C2O)cc1. The van der Waals surface area contributed by atoms with Gasteiger partial charge in [-0.2, -0.15) is 0 Å². The number of carbonyl (C=O) groups excluding carboxylic acids is 2. The van der Waals surface area contributed by atoms with E-state index in [0.717, 1.165) is 0 Å². The summed E-state index contributed by atoms with van der Waals surface area (Å²) in [6, 6.07) is 5.99. The fraction of sp³-hybridized carbons (Fsp3) is 0.435. The number of hydrogen-bond donors (Lipinski definition) is 5. The quantitative estimate of drug-likeness (QED) is 0.190. The van der Waals surface area contributed by atoms with Gasteiger partial charge in [-0.25, -0.2) is 24.5 Å². The number of esters is 1. The molecule has 14 nitrogen and oxygen atoms in total. The molecule has 0 aliphatic carbocycles. The summed E-state index contributed by atoms with van der Waals surface area (Å²) in [6.07, 6.45) is -0.425. The molecule has 4 unspecified atom stereocenters. The van der Waals surface area contributed by atoms with Crippen LogP contribution < -0.4 is 16.4 Å². The Morgan fingerprint density at radius 1 is 1.19 bits per heavy atom. The van der Waals surface area contributed by atoms with Gasteiger partial charge in [-0.1, -0.05) is 0 Å². The summed E-state index contributed by atoms with van der Waals surface area (Å²) in [5, 5.41) is 26.6. The first kappa shape index (κ1) is 26.2. The van der Waals surface area contributed by atoms with Crippen LogP contribution in [-0.4, -0.2) is 98.7 Å². The molecule has 0 spiro atoms. The fourth-order valence-corrected chi connectivity index (χ4v) is 4.10. The maximum absolute atomic E-state index is 12.1. The third kappa shape index (κ3) is 5.94. The highest BCUT2D eigenvalue weighted by atomic mass is 16.6. The van der Waals surface area contributed by atoms with E-state index in [-0.39, 0.29) is 11.8 Å². The summed E-state index contributed by atoms with van der Waals surface area (Å²) in [5.41, 5.74) is 7.56. The number of ether oxygens (including phenoxy) is 2. The molecular formula is C23H30N8O6. The maximum atomic E-state index is 12.1. The van der Waals surface area contributed by atoms with Crippen molar-refractivity contribution in [1.29, 1.82) is 0 Å². The molecule has 1 saturated heterocycles. The molecule has 4 atom stereocenters. The number of nitrogens with one attached hydrogen (secondary N) is 2. The number of rotatable bonds is 9. The first-order chi connectivity index (χ1) is 17.8. The van der Waals surface area contributed by atoms with Gasteiger partial charge in [0.05, 0.1) is 19.0 Å². The number of aromatic nitrogens is 4. The predicted octanol–water partition coefficient (Wildman–Crippen LogP) is -0.0421. The number of nitrogens with zero attached hydrogens (tertiary/aromatic N) is 5. The van der Waals surface area contributed by atoms with Crippen LogP contribution in [0, 0.1) is 0 Å². The van der Waals surface area contributed by atoms with Crippen molar-refractivity contribution in [3.63, 3.8) is 0 Å². The van der Waals surface area contributed by atoms with Gasteiger partial charge in [-0.05, 0) is 44.3 Å². The molecule has 1 aromatic carbocycles. The van der Waals surface area contributed by atoms with Gasteiger partial charge < -0.3 is 41.0 Å². The number of aliphatic hydroxyl groups is 2. The van der Waals surface area contributed by atoms with Gasteiger partial charge in [-0.3, -0.25) is 4.57 Å². The van der Waals surface area contributed by atoms with Crippen molar-refractivity contribution in [3.05, 3.63) is 42.5 Å². The van der Waals surface area contributed by atoms with Crippen LogP contribution >= 0.6 is 0 Å². The summed E-state index contributed by atoms with van der Waals surface area (Å²) in [5.74, 6) is -0.234. The number of likely N-dealkylation sites (N-methyl/N-ethyl adjacent to an activating group) is 1. The van der Waals surface area contributed by atoms with Crippen LogP contribution in [0.1, 0.15) is 23.0 Å². The molecule has 3 heterocycles. The molecule has 198 valence electrons. The van der Waals surface area contributed by atoms with E-state index >= 15 is 0 Å². The van der Waals surface area contributed by atoms with Crippen LogP contribution in [0.25, 0.3) is 11.2 Å². The lowest BCUT2D eigenvalue weighted by molar-refractivity contribution is -0.0421. The van der Waals surface area contributed by atoms with E-state index in [1.54, 1.807) is 24.3 Å². The van der Waals surface area contributed by atoms with Crippen LogP contribution in [-0.2, 0) is 9.47 Å². The molecule has 1 aliphatic rings. The van der Waals surface area contributed by atoms with Crippen LogP contribution in [0.2, 0.25) is 0 Å². The Morgan fingerprint density at radius 3 is 2.68 bits per heavy atom. The van der Waals surface area contributed by atoms with Gasteiger partial charge in [0.1, 0.15) is 30.2 Å². The molecule has 0 bridgehead atoms. The van der Waals surface area contributed by atoms with Gasteiger partial charge in [-0.15, -0.1) is 0 Å². The third-order valence-electron chi connectivity index (χ3n) is 6.06. The first-order valence-corrected chi connectivity index (χ1v) is 11.6. The molecule has 0 saturated carbocycles. The molecule has 1 aliphatic heterocycles. The number of hydrogen-bond acceptors (Lipinski definition) is 11. The van der Waals surface area contributed by atoms with E-state index in [1.165, 1.54) is 24.3 Å². The van der Waals surface area contributed by atoms with Crippen molar-refractivity contribution in [2.24, 2.45) is 0 Å². The molecule has 4 rings (SSSR count). The number of imidazole rings is 1. The maximum Gasteiger partial charge on any atom is 0.337 e. The number of anilines is 2.